The van der Waals surface area contributed by atoms with Gasteiger partial charge in [-0.3, -0.25) is 4.84 Å². The molecule has 5 heteroatoms. The number of hydrogen-bond acceptors (Lipinski definition) is 4. The molecule has 1 aromatic carbocycles. The molecule has 4 nitrogen and oxygen atoms in total. The Morgan fingerprint density at radius 2 is 2.43 bits per heavy atom. The van der Waals surface area contributed by atoms with Gasteiger partial charge in [0.15, 0.2) is 12.6 Å². The van der Waals surface area contributed by atoms with Crippen LogP contribution in [0.25, 0.3) is 0 Å². The van der Waals surface area contributed by atoms with Gasteiger partial charge in [-0.25, -0.2) is 10.5 Å². The molecule has 0 aliphatic carbocycles. The predicted molar refractivity (Wildman–Crippen MR) is 55.0 cm³/mol. The lowest BCUT2D eigenvalue weighted by molar-refractivity contribution is 0.115. The van der Waals surface area contributed by atoms with Crippen molar-refractivity contribution in [1.29, 1.82) is 0 Å². The summed E-state index contributed by atoms with van der Waals surface area (Å²) in [6.07, 6.45) is 0. The molecule has 1 aromatic rings. The Morgan fingerprint density at radius 3 is 3.07 bits per heavy atom. The molecule has 0 amide bonds. The first-order chi connectivity index (χ1) is 6.81. The monoisotopic (exact) mass is 211 g/mol. The first-order valence-electron chi connectivity index (χ1n) is 4.22. The van der Waals surface area contributed by atoms with Crippen LogP contribution in [0.3, 0.4) is 0 Å². The zero-order valence-corrected chi connectivity index (χ0v) is 8.21. The molecule has 3 N–H and O–H groups in total. The number of halogens is 1. The molecule has 0 radical (unpaired) electrons. The van der Waals surface area contributed by atoms with Crippen LogP contribution in [0.2, 0.25) is 5.02 Å². The Labute approximate surface area is 86.7 Å². The Morgan fingerprint density at radius 1 is 1.57 bits per heavy atom. The van der Waals surface area contributed by atoms with Crippen molar-refractivity contribution in [3.05, 3.63) is 34.3 Å². The Balaban J connectivity index is 2.43. The average Bonchev–Trinajstić information content (AvgIpc) is 2.70. The van der Waals surface area contributed by atoms with E-state index < -0.39 is 0 Å². The Bertz CT molecular complexity index is 378. The van der Waals surface area contributed by atoms with E-state index in [-0.39, 0.29) is 0 Å². The molecular formula is C9H10ClN3O. The molecule has 0 saturated heterocycles. The lowest BCUT2D eigenvalue weighted by Crippen LogP contribution is -2.20. The lowest BCUT2D eigenvalue weighted by atomic mass is 10.1. The molecule has 14 heavy (non-hydrogen) atoms. The molecule has 0 saturated carbocycles. The van der Waals surface area contributed by atoms with E-state index in [2.05, 4.69) is 10.5 Å². The van der Waals surface area contributed by atoms with Gasteiger partial charge in [0.2, 0.25) is 0 Å². The third-order valence-corrected chi connectivity index (χ3v) is 2.24. The van der Waals surface area contributed by atoms with Crippen molar-refractivity contribution < 1.29 is 4.84 Å². The summed E-state index contributed by atoms with van der Waals surface area (Å²) in [7, 11) is 0. The minimum Gasteiger partial charge on any atom is -0.326 e. The highest BCUT2D eigenvalue weighted by atomic mass is 35.5. The third-order valence-electron chi connectivity index (χ3n) is 2.00. The Kier molecular flexibility index (Phi) is 2.67. The summed E-state index contributed by atoms with van der Waals surface area (Å²) in [5, 5.41) is 0.661. The van der Waals surface area contributed by atoms with E-state index >= 15 is 0 Å². The van der Waals surface area contributed by atoms with Crippen LogP contribution in [-0.4, -0.2) is 12.6 Å². The first kappa shape index (κ1) is 9.45. The predicted octanol–water partition coefficient (Wildman–Crippen LogP) is 1.04. The molecule has 1 aliphatic rings. The molecule has 0 spiro atoms. The lowest BCUT2D eigenvalue weighted by Gasteiger charge is -2.07. The fourth-order valence-corrected chi connectivity index (χ4v) is 1.49. The standard InChI is InChI=1S/C9H10ClN3O/c10-7-2-1-6(4-11)8(3-7)9-12-5-14-13-9/h1-3H,4-5,11H2,(H,12,13). The van der Waals surface area contributed by atoms with Crippen LogP contribution in [0, 0.1) is 0 Å². The van der Waals surface area contributed by atoms with E-state index in [4.69, 9.17) is 22.2 Å². The summed E-state index contributed by atoms with van der Waals surface area (Å²) in [4.78, 5) is 9.04. The molecular weight excluding hydrogens is 202 g/mol. The zero-order valence-electron chi connectivity index (χ0n) is 7.46. The average molecular weight is 212 g/mol. The summed E-state index contributed by atoms with van der Waals surface area (Å²) < 4.78 is 0. The van der Waals surface area contributed by atoms with Crippen molar-refractivity contribution in [2.24, 2.45) is 10.7 Å². The highest BCUT2D eigenvalue weighted by Crippen LogP contribution is 2.17. The van der Waals surface area contributed by atoms with Crippen molar-refractivity contribution in [3.8, 4) is 0 Å². The quantitative estimate of drug-likeness (QED) is 0.769. The minimum absolute atomic E-state index is 0.325. The van der Waals surface area contributed by atoms with E-state index in [0.29, 0.717) is 24.1 Å². The number of nitrogens with one attached hydrogen (secondary N) is 1. The molecule has 0 unspecified atom stereocenters. The highest BCUT2D eigenvalue weighted by Gasteiger charge is 2.12. The number of hydroxylamine groups is 1. The van der Waals surface area contributed by atoms with Gasteiger partial charge < -0.3 is 5.73 Å². The summed E-state index contributed by atoms with van der Waals surface area (Å²) in [6.45, 7) is 0.777. The Hall–Kier alpha value is -1.10. The fourth-order valence-electron chi connectivity index (χ4n) is 1.32. The van der Waals surface area contributed by atoms with Crippen molar-refractivity contribution in [2.45, 2.75) is 6.54 Å². The number of nitrogens with zero attached hydrogens (tertiary/aromatic N) is 1. The van der Waals surface area contributed by atoms with Gasteiger partial charge in [0, 0.05) is 17.1 Å². The molecule has 0 aromatic heterocycles. The summed E-state index contributed by atoms with van der Waals surface area (Å²) >= 11 is 5.89. The second-order valence-electron chi connectivity index (χ2n) is 2.89. The van der Waals surface area contributed by atoms with Gasteiger partial charge in [-0.2, -0.15) is 0 Å². The van der Waals surface area contributed by atoms with Gasteiger partial charge >= 0.3 is 0 Å². The summed E-state index contributed by atoms with van der Waals surface area (Å²) in [6, 6.07) is 5.52. The number of nitrogens with two attached hydrogens (primary N) is 1. The van der Waals surface area contributed by atoms with Gasteiger partial charge in [0.25, 0.3) is 0 Å². The van der Waals surface area contributed by atoms with E-state index in [0.717, 1.165) is 11.1 Å². The number of benzene rings is 1. The zero-order chi connectivity index (χ0) is 9.97. The minimum atomic E-state index is 0.325. The number of rotatable bonds is 2. The second kappa shape index (κ2) is 3.96. The van der Waals surface area contributed by atoms with Gasteiger partial charge in [-0.05, 0) is 17.7 Å². The molecule has 1 heterocycles. The molecule has 74 valence electrons. The number of amidine groups is 1. The molecule has 1 aliphatic heterocycles. The van der Waals surface area contributed by atoms with Crippen molar-refractivity contribution in [3.63, 3.8) is 0 Å². The second-order valence-corrected chi connectivity index (χ2v) is 3.32. The van der Waals surface area contributed by atoms with Crippen molar-refractivity contribution in [2.75, 3.05) is 6.73 Å². The molecule has 0 atom stereocenters. The van der Waals surface area contributed by atoms with E-state index in [1.807, 2.05) is 18.2 Å². The summed E-state index contributed by atoms with van der Waals surface area (Å²) in [5.41, 5.74) is 10.2. The van der Waals surface area contributed by atoms with Crippen LogP contribution in [0.4, 0.5) is 0 Å². The molecule has 2 rings (SSSR count). The molecule has 0 fully saturated rings. The maximum absolute atomic E-state index is 5.89. The first-order valence-corrected chi connectivity index (χ1v) is 4.60. The van der Waals surface area contributed by atoms with E-state index in [1.165, 1.54) is 0 Å². The number of aliphatic imine (C=N–C) groups is 1. The molecule has 0 bridgehead atoms. The maximum Gasteiger partial charge on any atom is 0.167 e. The van der Waals surface area contributed by atoms with Crippen LogP contribution in [-0.2, 0) is 11.4 Å². The summed E-state index contributed by atoms with van der Waals surface area (Å²) in [5.74, 6) is 0.688. The smallest absolute Gasteiger partial charge is 0.167 e. The van der Waals surface area contributed by atoms with Crippen molar-refractivity contribution >= 4 is 17.4 Å². The van der Waals surface area contributed by atoms with Gasteiger partial charge in [-0.15, -0.1) is 0 Å². The van der Waals surface area contributed by atoms with Gasteiger partial charge in [-0.1, -0.05) is 17.7 Å². The number of hydrogen-bond donors (Lipinski definition) is 2. The highest BCUT2D eigenvalue weighted by molar-refractivity contribution is 6.31. The SMILES string of the molecule is NCc1ccc(Cl)cc1C1=NCON1. The van der Waals surface area contributed by atoms with Crippen LogP contribution < -0.4 is 11.2 Å². The van der Waals surface area contributed by atoms with Crippen LogP contribution >= 0.6 is 11.6 Å². The largest absolute Gasteiger partial charge is 0.326 e. The normalized spacial score (nSPS) is 15.1. The van der Waals surface area contributed by atoms with Gasteiger partial charge in [0.1, 0.15) is 0 Å². The maximum atomic E-state index is 5.89. The van der Waals surface area contributed by atoms with E-state index in [9.17, 15) is 0 Å². The van der Waals surface area contributed by atoms with Crippen LogP contribution in [0.5, 0.6) is 0 Å². The van der Waals surface area contributed by atoms with Crippen LogP contribution in [0.1, 0.15) is 11.1 Å². The van der Waals surface area contributed by atoms with Gasteiger partial charge in [0.05, 0.1) is 0 Å². The van der Waals surface area contributed by atoms with Crippen LogP contribution in [0.15, 0.2) is 23.2 Å². The van der Waals surface area contributed by atoms with Crippen molar-refractivity contribution in [1.82, 2.24) is 5.48 Å². The van der Waals surface area contributed by atoms with E-state index in [1.54, 1.807) is 0 Å². The third kappa shape index (κ3) is 1.72. The topological polar surface area (TPSA) is 59.6 Å². The fraction of sp³-hybridized carbons (Fsp3) is 0.222.